The van der Waals surface area contributed by atoms with Gasteiger partial charge in [0.05, 0.1) is 11.8 Å². The molecule has 0 aliphatic heterocycles. The van der Waals surface area contributed by atoms with E-state index in [9.17, 15) is 5.11 Å². The summed E-state index contributed by atoms with van der Waals surface area (Å²) >= 11 is 0. The Morgan fingerprint density at radius 3 is 2.75 bits per heavy atom. The molecule has 0 spiro atoms. The van der Waals surface area contributed by atoms with Gasteiger partial charge >= 0.3 is 0 Å². The second-order valence-electron chi connectivity index (χ2n) is 9.92. The van der Waals surface area contributed by atoms with Crippen molar-refractivity contribution in [3.8, 4) is 0 Å². The molecule has 2 N–H and O–H groups in total. The lowest BCUT2D eigenvalue weighted by Gasteiger charge is -2.60. The number of hydrogen-bond acceptors (Lipinski definition) is 2. The maximum atomic E-state index is 10.2. The van der Waals surface area contributed by atoms with Crippen molar-refractivity contribution in [2.24, 2.45) is 29.1 Å². The quantitative estimate of drug-likeness (QED) is 0.752. The minimum atomic E-state index is -0.0347. The third-order valence-corrected chi connectivity index (χ3v) is 9.03. The van der Waals surface area contributed by atoms with E-state index in [0.717, 1.165) is 36.5 Å². The van der Waals surface area contributed by atoms with Crippen molar-refractivity contribution in [3.05, 3.63) is 17.0 Å². The van der Waals surface area contributed by atoms with E-state index >= 15 is 0 Å². The van der Waals surface area contributed by atoms with Crippen molar-refractivity contribution in [3.63, 3.8) is 0 Å². The topological polar surface area (TPSA) is 48.9 Å². The van der Waals surface area contributed by atoms with Crippen molar-refractivity contribution in [1.29, 1.82) is 0 Å². The number of aromatic nitrogens is 2. The van der Waals surface area contributed by atoms with Gasteiger partial charge in [0.15, 0.2) is 0 Å². The predicted octanol–water partition coefficient (Wildman–Crippen LogP) is 4.14. The van der Waals surface area contributed by atoms with Crippen molar-refractivity contribution in [2.45, 2.75) is 83.7 Å². The predicted molar refractivity (Wildman–Crippen MR) is 94.8 cm³/mol. The summed E-state index contributed by atoms with van der Waals surface area (Å²) in [6.07, 6.45) is 9.92. The van der Waals surface area contributed by atoms with Gasteiger partial charge in [-0.25, -0.2) is 0 Å². The molecule has 0 bridgehead atoms. The molecule has 7 atom stereocenters. The van der Waals surface area contributed by atoms with Gasteiger partial charge in [0, 0.05) is 11.3 Å². The van der Waals surface area contributed by atoms with E-state index in [1.807, 2.05) is 0 Å². The van der Waals surface area contributed by atoms with Crippen LogP contribution in [0.4, 0.5) is 0 Å². The van der Waals surface area contributed by atoms with Crippen LogP contribution in [0.25, 0.3) is 0 Å². The van der Waals surface area contributed by atoms with Crippen LogP contribution in [0.1, 0.15) is 75.7 Å². The smallest absolute Gasteiger partial charge is 0.0665 e. The summed E-state index contributed by atoms with van der Waals surface area (Å²) in [5.41, 5.74) is 5.08. The number of H-pyrrole nitrogens is 1. The van der Waals surface area contributed by atoms with Crippen molar-refractivity contribution < 1.29 is 5.11 Å². The van der Waals surface area contributed by atoms with E-state index in [2.05, 4.69) is 31.0 Å². The normalized spacial score (nSPS) is 49.9. The molecule has 1 heterocycles. The zero-order valence-corrected chi connectivity index (χ0v) is 15.4. The van der Waals surface area contributed by atoms with Crippen LogP contribution in [0, 0.1) is 36.0 Å². The molecular formula is C21H32N2O. The maximum absolute atomic E-state index is 10.2. The Balaban J connectivity index is 1.50. The summed E-state index contributed by atoms with van der Waals surface area (Å²) < 4.78 is 0. The van der Waals surface area contributed by atoms with Gasteiger partial charge in [-0.1, -0.05) is 13.8 Å². The Morgan fingerprint density at radius 1 is 1.08 bits per heavy atom. The monoisotopic (exact) mass is 328 g/mol. The summed E-state index contributed by atoms with van der Waals surface area (Å²) in [6.45, 7) is 7.32. The van der Waals surface area contributed by atoms with Crippen LogP contribution in [-0.2, 0) is 11.8 Å². The first-order valence-corrected chi connectivity index (χ1v) is 10.2. The first-order chi connectivity index (χ1) is 11.4. The molecule has 3 heteroatoms. The highest BCUT2D eigenvalue weighted by Crippen LogP contribution is 2.65. The van der Waals surface area contributed by atoms with E-state index in [0.29, 0.717) is 10.8 Å². The zero-order chi connectivity index (χ0) is 16.7. The minimum Gasteiger partial charge on any atom is -0.393 e. The molecule has 0 saturated heterocycles. The van der Waals surface area contributed by atoms with Gasteiger partial charge in [-0.15, -0.1) is 0 Å². The molecule has 3 saturated carbocycles. The molecule has 24 heavy (non-hydrogen) atoms. The summed E-state index contributed by atoms with van der Waals surface area (Å²) in [7, 11) is 0. The summed E-state index contributed by atoms with van der Waals surface area (Å²) in [5, 5.41) is 18.1. The van der Waals surface area contributed by atoms with Crippen LogP contribution in [0.3, 0.4) is 0 Å². The van der Waals surface area contributed by atoms with Gasteiger partial charge in [-0.3, -0.25) is 5.10 Å². The highest BCUT2D eigenvalue weighted by atomic mass is 16.3. The molecule has 0 aromatic carbocycles. The van der Waals surface area contributed by atoms with Crippen molar-refractivity contribution in [2.75, 3.05) is 0 Å². The molecule has 0 amide bonds. The molecule has 3 fully saturated rings. The third-order valence-electron chi connectivity index (χ3n) is 9.03. The van der Waals surface area contributed by atoms with Crippen molar-refractivity contribution >= 4 is 0 Å². The minimum absolute atomic E-state index is 0.0347. The zero-order valence-electron chi connectivity index (χ0n) is 15.4. The molecular weight excluding hydrogens is 296 g/mol. The van der Waals surface area contributed by atoms with Crippen molar-refractivity contribution in [1.82, 2.24) is 10.2 Å². The first kappa shape index (κ1) is 15.4. The largest absolute Gasteiger partial charge is 0.393 e. The SMILES string of the molecule is Cc1[nH]nc2c1[C@]1(C)CC[C@@H]3[C@H](CC[C@@H]4C[C@H](O)CC[C@]43C)[C@H]1C2. The van der Waals surface area contributed by atoms with Gasteiger partial charge in [0.1, 0.15) is 0 Å². The summed E-state index contributed by atoms with van der Waals surface area (Å²) in [4.78, 5) is 0. The Morgan fingerprint density at radius 2 is 1.92 bits per heavy atom. The molecule has 1 aromatic heterocycles. The van der Waals surface area contributed by atoms with Crippen LogP contribution in [0.15, 0.2) is 0 Å². The lowest BCUT2D eigenvalue weighted by molar-refractivity contribution is -0.111. The average molecular weight is 329 g/mol. The van der Waals surface area contributed by atoms with E-state index in [1.54, 1.807) is 5.56 Å². The van der Waals surface area contributed by atoms with E-state index in [1.165, 1.54) is 49.9 Å². The number of aryl methyl sites for hydroxylation is 1. The van der Waals surface area contributed by atoms with Gasteiger partial charge in [-0.2, -0.15) is 5.10 Å². The molecule has 4 aliphatic carbocycles. The highest BCUT2D eigenvalue weighted by Gasteiger charge is 2.59. The molecule has 5 rings (SSSR count). The molecule has 1 aromatic rings. The average Bonchev–Trinajstić information content (AvgIpc) is 3.06. The number of nitrogens with zero attached hydrogens (tertiary/aromatic N) is 1. The maximum Gasteiger partial charge on any atom is 0.0665 e. The fourth-order valence-corrected chi connectivity index (χ4v) is 7.84. The van der Waals surface area contributed by atoms with Gasteiger partial charge in [-0.05, 0) is 92.8 Å². The number of aliphatic hydroxyl groups excluding tert-OH is 1. The van der Waals surface area contributed by atoms with Crippen LogP contribution in [-0.4, -0.2) is 21.4 Å². The number of aliphatic hydroxyl groups is 1. The van der Waals surface area contributed by atoms with Crippen LogP contribution in [0.2, 0.25) is 0 Å². The Hall–Kier alpha value is -0.830. The van der Waals surface area contributed by atoms with E-state index in [-0.39, 0.29) is 6.10 Å². The number of aromatic amines is 1. The fourth-order valence-electron chi connectivity index (χ4n) is 7.84. The number of fused-ring (bicyclic) bond motifs is 7. The second kappa shape index (κ2) is 4.87. The standard InChI is InChI=1S/C21H32N2O/c1-12-19-18(23-22-12)11-17-15-5-4-13-10-14(24)6-8-20(13,2)16(15)7-9-21(17,19)3/h13-17,24H,4-11H2,1-3H3,(H,22,23)/t13-,14-,15+,16-,17-,20-,21-/m1/s1. The molecule has 0 radical (unpaired) electrons. The summed E-state index contributed by atoms with van der Waals surface area (Å²) in [6, 6.07) is 0. The lowest BCUT2D eigenvalue weighted by Crippen LogP contribution is -2.54. The Labute approximate surface area is 145 Å². The van der Waals surface area contributed by atoms with Gasteiger partial charge in [0.25, 0.3) is 0 Å². The van der Waals surface area contributed by atoms with Gasteiger partial charge in [0.2, 0.25) is 0 Å². The summed E-state index contributed by atoms with van der Waals surface area (Å²) in [5.74, 6) is 3.29. The second-order valence-corrected chi connectivity index (χ2v) is 9.92. The molecule has 132 valence electrons. The number of nitrogens with one attached hydrogen (secondary N) is 1. The molecule has 0 unspecified atom stereocenters. The van der Waals surface area contributed by atoms with E-state index < -0.39 is 0 Å². The fraction of sp³-hybridized carbons (Fsp3) is 0.857. The van der Waals surface area contributed by atoms with Crippen LogP contribution in [0.5, 0.6) is 0 Å². The van der Waals surface area contributed by atoms with Crippen LogP contribution < -0.4 is 0 Å². The highest BCUT2D eigenvalue weighted by molar-refractivity contribution is 5.40. The third kappa shape index (κ3) is 1.80. The molecule has 3 nitrogen and oxygen atoms in total. The van der Waals surface area contributed by atoms with Gasteiger partial charge < -0.3 is 5.11 Å². The Bertz CT molecular complexity index is 667. The van der Waals surface area contributed by atoms with E-state index in [4.69, 9.17) is 0 Å². The van der Waals surface area contributed by atoms with Crippen LogP contribution >= 0.6 is 0 Å². The Kier molecular flexibility index (Phi) is 3.13. The number of rotatable bonds is 0. The number of hydrogen-bond donors (Lipinski definition) is 2. The first-order valence-electron chi connectivity index (χ1n) is 10.2. The molecule has 4 aliphatic rings. The lowest BCUT2D eigenvalue weighted by atomic mass is 9.45.